The lowest BCUT2D eigenvalue weighted by atomic mass is 10.1. The standard InChI is InChI=1S/C12H16F2N2/c1-16(8-12(13)14)7-10-6-9-4-2-3-5-11(9)15-10/h2-5,10,12,15H,6-8H2,1H3. The molecule has 0 amide bonds. The molecule has 4 heteroatoms. The van der Waals surface area contributed by atoms with E-state index in [0.717, 1.165) is 12.1 Å². The number of alkyl halides is 2. The summed E-state index contributed by atoms with van der Waals surface area (Å²) in [5.74, 6) is 0. The van der Waals surface area contributed by atoms with Crippen molar-refractivity contribution in [2.24, 2.45) is 0 Å². The maximum absolute atomic E-state index is 12.2. The van der Waals surface area contributed by atoms with Gasteiger partial charge in [0.15, 0.2) is 0 Å². The number of rotatable bonds is 4. The molecule has 1 unspecified atom stereocenters. The Morgan fingerprint density at radius 2 is 2.19 bits per heavy atom. The molecule has 0 fully saturated rings. The summed E-state index contributed by atoms with van der Waals surface area (Å²) < 4.78 is 24.3. The van der Waals surface area contributed by atoms with E-state index in [-0.39, 0.29) is 12.6 Å². The number of halogens is 2. The van der Waals surface area contributed by atoms with Crippen LogP contribution in [0.2, 0.25) is 0 Å². The minimum absolute atomic E-state index is 0.158. The van der Waals surface area contributed by atoms with Gasteiger partial charge in [-0.3, -0.25) is 4.90 Å². The topological polar surface area (TPSA) is 15.3 Å². The van der Waals surface area contributed by atoms with Gasteiger partial charge in [-0.2, -0.15) is 0 Å². The highest BCUT2D eigenvalue weighted by atomic mass is 19.3. The van der Waals surface area contributed by atoms with Crippen molar-refractivity contribution in [1.29, 1.82) is 0 Å². The molecular weight excluding hydrogens is 210 g/mol. The normalized spacial score (nSPS) is 18.9. The molecule has 1 aliphatic rings. The summed E-state index contributed by atoms with van der Waals surface area (Å²) in [5, 5.41) is 3.35. The number of fused-ring (bicyclic) bond motifs is 1. The summed E-state index contributed by atoms with van der Waals surface area (Å²) >= 11 is 0. The summed E-state index contributed by atoms with van der Waals surface area (Å²) in [7, 11) is 1.73. The lowest BCUT2D eigenvalue weighted by Gasteiger charge is -2.20. The van der Waals surface area contributed by atoms with Crippen LogP contribution in [0.1, 0.15) is 5.56 Å². The van der Waals surface area contributed by atoms with Crippen LogP contribution in [0.25, 0.3) is 0 Å². The number of likely N-dealkylation sites (N-methyl/N-ethyl adjacent to an activating group) is 1. The molecule has 1 atom stereocenters. The van der Waals surface area contributed by atoms with Crippen molar-refractivity contribution in [2.45, 2.75) is 18.9 Å². The molecule has 0 aromatic heterocycles. The zero-order chi connectivity index (χ0) is 11.5. The SMILES string of the molecule is CN(CC(F)F)CC1Cc2ccccc2N1. The largest absolute Gasteiger partial charge is 0.380 e. The van der Waals surface area contributed by atoms with Gasteiger partial charge in [0, 0.05) is 18.3 Å². The number of hydrogen-bond donors (Lipinski definition) is 1. The van der Waals surface area contributed by atoms with Crippen molar-refractivity contribution in [3.8, 4) is 0 Å². The minimum atomic E-state index is -2.26. The van der Waals surface area contributed by atoms with Crippen LogP contribution < -0.4 is 5.32 Å². The van der Waals surface area contributed by atoms with Gasteiger partial charge >= 0.3 is 0 Å². The average molecular weight is 226 g/mol. The predicted octanol–water partition coefficient (Wildman–Crippen LogP) is 2.22. The Balaban J connectivity index is 1.87. The van der Waals surface area contributed by atoms with Crippen LogP contribution in [0.15, 0.2) is 24.3 Å². The van der Waals surface area contributed by atoms with Gasteiger partial charge in [-0.25, -0.2) is 8.78 Å². The molecule has 88 valence electrons. The number of para-hydroxylation sites is 1. The summed E-state index contributed by atoms with van der Waals surface area (Å²) in [5.41, 5.74) is 2.41. The highest BCUT2D eigenvalue weighted by molar-refractivity contribution is 5.56. The van der Waals surface area contributed by atoms with Gasteiger partial charge in [0.25, 0.3) is 6.43 Å². The van der Waals surface area contributed by atoms with Crippen molar-refractivity contribution in [3.05, 3.63) is 29.8 Å². The van der Waals surface area contributed by atoms with Crippen molar-refractivity contribution in [3.63, 3.8) is 0 Å². The predicted molar refractivity (Wildman–Crippen MR) is 61.1 cm³/mol. The molecule has 0 spiro atoms. The molecule has 1 aromatic rings. The number of nitrogens with one attached hydrogen (secondary N) is 1. The van der Waals surface area contributed by atoms with Crippen LogP contribution in [0.3, 0.4) is 0 Å². The second kappa shape index (κ2) is 4.78. The van der Waals surface area contributed by atoms with Gasteiger partial charge in [0.1, 0.15) is 0 Å². The van der Waals surface area contributed by atoms with Gasteiger partial charge in [0.2, 0.25) is 0 Å². The first-order valence-electron chi connectivity index (χ1n) is 5.46. The first-order chi connectivity index (χ1) is 7.65. The van der Waals surface area contributed by atoms with E-state index in [9.17, 15) is 8.78 Å². The molecular formula is C12H16F2N2. The molecule has 16 heavy (non-hydrogen) atoms. The smallest absolute Gasteiger partial charge is 0.251 e. The summed E-state index contributed by atoms with van der Waals surface area (Å²) in [6, 6.07) is 8.35. The van der Waals surface area contributed by atoms with E-state index < -0.39 is 6.43 Å². The molecule has 1 N–H and O–H groups in total. The molecule has 1 aromatic carbocycles. The summed E-state index contributed by atoms with van der Waals surface area (Å²) in [4.78, 5) is 1.67. The molecule has 0 aliphatic carbocycles. The van der Waals surface area contributed by atoms with Gasteiger partial charge in [-0.1, -0.05) is 18.2 Å². The monoisotopic (exact) mass is 226 g/mol. The Bertz CT molecular complexity index is 330. The molecule has 0 radical (unpaired) electrons. The Kier molecular flexibility index (Phi) is 3.39. The van der Waals surface area contributed by atoms with Crippen molar-refractivity contribution in [1.82, 2.24) is 4.90 Å². The van der Waals surface area contributed by atoms with Gasteiger partial charge in [-0.15, -0.1) is 0 Å². The Hall–Kier alpha value is -1.16. The van der Waals surface area contributed by atoms with E-state index in [1.54, 1.807) is 11.9 Å². The van der Waals surface area contributed by atoms with Crippen LogP contribution in [0, 0.1) is 0 Å². The van der Waals surface area contributed by atoms with Gasteiger partial charge in [-0.05, 0) is 25.1 Å². The maximum Gasteiger partial charge on any atom is 0.251 e. The zero-order valence-electron chi connectivity index (χ0n) is 9.29. The summed E-state index contributed by atoms with van der Waals surface area (Å²) in [6.45, 7) is 0.494. The second-order valence-electron chi connectivity index (χ2n) is 4.31. The third kappa shape index (κ3) is 2.70. The lowest BCUT2D eigenvalue weighted by molar-refractivity contribution is 0.0989. The summed E-state index contributed by atoms with van der Waals surface area (Å²) in [6.07, 6.45) is -1.34. The van der Waals surface area contributed by atoms with Gasteiger partial charge in [0.05, 0.1) is 6.54 Å². The molecule has 2 nitrogen and oxygen atoms in total. The van der Waals surface area contributed by atoms with E-state index in [1.165, 1.54) is 5.56 Å². The van der Waals surface area contributed by atoms with E-state index in [4.69, 9.17) is 0 Å². The highest BCUT2D eigenvalue weighted by Gasteiger charge is 2.21. The molecule has 0 bridgehead atoms. The van der Waals surface area contributed by atoms with E-state index in [2.05, 4.69) is 11.4 Å². The molecule has 2 rings (SSSR count). The third-order valence-electron chi connectivity index (χ3n) is 2.83. The van der Waals surface area contributed by atoms with E-state index in [0.29, 0.717) is 6.54 Å². The quantitative estimate of drug-likeness (QED) is 0.846. The van der Waals surface area contributed by atoms with E-state index in [1.807, 2.05) is 18.2 Å². The highest BCUT2D eigenvalue weighted by Crippen LogP contribution is 2.25. The maximum atomic E-state index is 12.2. The number of benzene rings is 1. The van der Waals surface area contributed by atoms with Crippen molar-refractivity contribution >= 4 is 5.69 Å². The fraction of sp³-hybridized carbons (Fsp3) is 0.500. The number of anilines is 1. The molecule has 0 saturated carbocycles. The Morgan fingerprint density at radius 3 is 2.88 bits per heavy atom. The Labute approximate surface area is 94.3 Å². The second-order valence-corrected chi connectivity index (χ2v) is 4.31. The first-order valence-corrected chi connectivity index (χ1v) is 5.46. The Morgan fingerprint density at radius 1 is 1.44 bits per heavy atom. The average Bonchev–Trinajstić information content (AvgIpc) is 2.57. The molecule has 1 heterocycles. The van der Waals surface area contributed by atoms with Crippen molar-refractivity contribution in [2.75, 3.05) is 25.5 Å². The van der Waals surface area contributed by atoms with Gasteiger partial charge < -0.3 is 5.32 Å². The van der Waals surface area contributed by atoms with Crippen LogP contribution >= 0.6 is 0 Å². The third-order valence-corrected chi connectivity index (χ3v) is 2.83. The fourth-order valence-electron chi connectivity index (χ4n) is 2.17. The molecule has 0 saturated heterocycles. The van der Waals surface area contributed by atoms with E-state index >= 15 is 0 Å². The van der Waals surface area contributed by atoms with Crippen molar-refractivity contribution < 1.29 is 8.78 Å². The number of hydrogen-bond acceptors (Lipinski definition) is 2. The van der Waals surface area contributed by atoms with Crippen LogP contribution in [0.4, 0.5) is 14.5 Å². The molecule has 1 aliphatic heterocycles. The van der Waals surface area contributed by atoms with Crippen LogP contribution in [-0.2, 0) is 6.42 Å². The number of nitrogens with zero attached hydrogens (tertiary/aromatic N) is 1. The minimum Gasteiger partial charge on any atom is -0.380 e. The first kappa shape index (κ1) is 11.3. The zero-order valence-corrected chi connectivity index (χ0v) is 9.29. The van der Waals surface area contributed by atoms with Crippen LogP contribution in [-0.4, -0.2) is 37.5 Å². The van der Waals surface area contributed by atoms with Crippen LogP contribution in [0.5, 0.6) is 0 Å². The lowest BCUT2D eigenvalue weighted by Crippen LogP contribution is -2.35. The fourth-order valence-corrected chi connectivity index (χ4v) is 2.17.